The van der Waals surface area contributed by atoms with Crippen LogP contribution in [0.3, 0.4) is 0 Å². The largest absolute Gasteiger partial charge is 0.466 e. The van der Waals surface area contributed by atoms with Crippen LogP contribution in [-0.2, 0) is 9.53 Å². The van der Waals surface area contributed by atoms with Crippen molar-refractivity contribution in [3.8, 4) is 0 Å². The lowest BCUT2D eigenvalue weighted by Gasteiger charge is -2.16. The SMILES string of the molecule is COC(=O)C(C)(F)Sc1ccc(Cl)cc1. The molecule has 0 fully saturated rings. The van der Waals surface area contributed by atoms with Crippen molar-refractivity contribution in [2.75, 3.05) is 7.11 Å². The Morgan fingerprint density at radius 3 is 2.47 bits per heavy atom. The second kappa shape index (κ2) is 4.86. The van der Waals surface area contributed by atoms with Gasteiger partial charge in [0.15, 0.2) is 0 Å². The van der Waals surface area contributed by atoms with Crippen LogP contribution < -0.4 is 0 Å². The third-order valence-corrected chi connectivity index (χ3v) is 2.98. The molecule has 1 aromatic rings. The summed E-state index contributed by atoms with van der Waals surface area (Å²) in [6, 6.07) is 6.57. The van der Waals surface area contributed by atoms with Gasteiger partial charge in [0, 0.05) is 9.92 Å². The van der Waals surface area contributed by atoms with Crippen LogP contribution in [0, 0.1) is 0 Å². The smallest absolute Gasteiger partial charge is 0.354 e. The molecule has 0 aliphatic heterocycles. The van der Waals surface area contributed by atoms with Crippen molar-refractivity contribution < 1.29 is 13.9 Å². The third-order valence-electron chi connectivity index (χ3n) is 1.67. The van der Waals surface area contributed by atoms with Crippen molar-refractivity contribution >= 4 is 29.3 Å². The first kappa shape index (κ1) is 12.3. The lowest BCUT2D eigenvalue weighted by molar-refractivity contribution is -0.147. The number of alkyl halides is 1. The average Bonchev–Trinajstić information content (AvgIpc) is 2.20. The van der Waals surface area contributed by atoms with E-state index >= 15 is 0 Å². The Morgan fingerprint density at radius 2 is 2.00 bits per heavy atom. The molecule has 0 saturated carbocycles. The molecule has 0 saturated heterocycles. The molecule has 0 aliphatic carbocycles. The molecular formula is C10H10ClFO2S. The molecule has 0 radical (unpaired) electrons. The standard InChI is InChI=1S/C10H10ClFO2S/c1-10(12,9(13)14-2)15-8-5-3-7(11)4-6-8/h3-6H,1-2H3. The monoisotopic (exact) mass is 248 g/mol. The Labute approximate surface area is 96.8 Å². The van der Waals surface area contributed by atoms with Crippen molar-refractivity contribution in [1.29, 1.82) is 0 Å². The molecular weight excluding hydrogens is 239 g/mol. The lowest BCUT2D eigenvalue weighted by Crippen LogP contribution is -2.27. The third kappa shape index (κ3) is 3.39. The molecule has 82 valence electrons. The van der Waals surface area contributed by atoms with Gasteiger partial charge in [-0.2, -0.15) is 0 Å². The van der Waals surface area contributed by atoms with Gasteiger partial charge in [-0.05, 0) is 31.2 Å². The van der Waals surface area contributed by atoms with E-state index in [1.54, 1.807) is 24.3 Å². The maximum atomic E-state index is 13.7. The first-order chi connectivity index (χ1) is 6.95. The molecule has 0 heterocycles. The molecule has 1 atom stereocenters. The van der Waals surface area contributed by atoms with Gasteiger partial charge in [0.25, 0.3) is 5.00 Å². The molecule has 1 unspecified atom stereocenters. The number of rotatable bonds is 3. The minimum Gasteiger partial charge on any atom is -0.466 e. The number of halogens is 2. The first-order valence-corrected chi connectivity index (χ1v) is 5.37. The molecule has 0 aromatic heterocycles. The highest BCUT2D eigenvalue weighted by atomic mass is 35.5. The Bertz CT molecular complexity index is 351. The van der Waals surface area contributed by atoms with Gasteiger partial charge < -0.3 is 4.74 Å². The highest BCUT2D eigenvalue weighted by Crippen LogP contribution is 2.35. The molecule has 0 spiro atoms. The van der Waals surface area contributed by atoms with E-state index in [0.29, 0.717) is 9.92 Å². The highest BCUT2D eigenvalue weighted by molar-refractivity contribution is 8.01. The van der Waals surface area contributed by atoms with Crippen LogP contribution in [0.25, 0.3) is 0 Å². The van der Waals surface area contributed by atoms with Crippen molar-refractivity contribution in [3.05, 3.63) is 29.3 Å². The zero-order valence-electron chi connectivity index (χ0n) is 8.29. The number of thioether (sulfide) groups is 1. The van der Waals surface area contributed by atoms with Crippen molar-refractivity contribution in [1.82, 2.24) is 0 Å². The summed E-state index contributed by atoms with van der Waals surface area (Å²) >= 11 is 6.47. The quantitative estimate of drug-likeness (QED) is 0.607. The van der Waals surface area contributed by atoms with E-state index in [0.717, 1.165) is 25.8 Å². The van der Waals surface area contributed by atoms with Crippen LogP contribution in [-0.4, -0.2) is 18.1 Å². The first-order valence-electron chi connectivity index (χ1n) is 4.17. The maximum absolute atomic E-state index is 13.7. The number of carbonyl (C=O) groups excluding carboxylic acids is 1. The molecule has 0 bridgehead atoms. The summed E-state index contributed by atoms with van der Waals surface area (Å²) in [6.45, 7) is 1.16. The second-order valence-electron chi connectivity index (χ2n) is 2.96. The summed E-state index contributed by atoms with van der Waals surface area (Å²) < 4.78 is 18.1. The van der Waals surface area contributed by atoms with E-state index < -0.39 is 11.0 Å². The molecule has 0 N–H and O–H groups in total. The van der Waals surface area contributed by atoms with Crippen LogP contribution in [0.1, 0.15) is 6.92 Å². The van der Waals surface area contributed by atoms with E-state index in [9.17, 15) is 9.18 Å². The van der Waals surface area contributed by atoms with Gasteiger partial charge >= 0.3 is 5.97 Å². The fourth-order valence-corrected chi connectivity index (χ4v) is 1.96. The van der Waals surface area contributed by atoms with Gasteiger partial charge in [0.05, 0.1) is 7.11 Å². The minimum atomic E-state index is -2.08. The molecule has 1 rings (SSSR count). The summed E-state index contributed by atoms with van der Waals surface area (Å²) in [7, 11) is 1.16. The lowest BCUT2D eigenvalue weighted by atomic mass is 10.4. The number of benzene rings is 1. The number of hydrogen-bond acceptors (Lipinski definition) is 3. The average molecular weight is 249 g/mol. The Hall–Kier alpha value is -0.740. The maximum Gasteiger partial charge on any atom is 0.354 e. The molecule has 2 nitrogen and oxygen atoms in total. The summed E-state index contributed by atoms with van der Waals surface area (Å²) in [5.41, 5.74) is 0. The summed E-state index contributed by atoms with van der Waals surface area (Å²) in [5, 5.41) is -1.51. The Kier molecular flexibility index (Phi) is 3.99. The van der Waals surface area contributed by atoms with Gasteiger partial charge in [-0.15, -0.1) is 0 Å². The number of esters is 1. The van der Waals surface area contributed by atoms with Crippen molar-refractivity contribution in [3.63, 3.8) is 0 Å². The van der Waals surface area contributed by atoms with Crippen LogP contribution in [0.5, 0.6) is 0 Å². The van der Waals surface area contributed by atoms with Gasteiger partial charge in [0.1, 0.15) is 0 Å². The number of methoxy groups -OCH3 is 1. The molecule has 0 aliphatic rings. The fraction of sp³-hybridized carbons (Fsp3) is 0.300. The predicted octanol–water partition coefficient (Wildman–Crippen LogP) is 3.29. The normalized spacial score (nSPS) is 14.4. The van der Waals surface area contributed by atoms with Crippen molar-refractivity contribution in [2.45, 2.75) is 16.8 Å². The van der Waals surface area contributed by atoms with Crippen LogP contribution in [0.2, 0.25) is 5.02 Å². The van der Waals surface area contributed by atoms with Crippen LogP contribution >= 0.6 is 23.4 Å². The van der Waals surface area contributed by atoms with E-state index in [1.165, 1.54) is 0 Å². The van der Waals surface area contributed by atoms with Gasteiger partial charge in [-0.1, -0.05) is 23.4 Å². The minimum absolute atomic E-state index is 0.568. The predicted molar refractivity (Wildman–Crippen MR) is 58.8 cm³/mol. The van der Waals surface area contributed by atoms with E-state index in [2.05, 4.69) is 4.74 Å². The molecule has 0 amide bonds. The molecule has 15 heavy (non-hydrogen) atoms. The zero-order chi connectivity index (χ0) is 11.5. The number of carbonyl (C=O) groups is 1. The second-order valence-corrected chi connectivity index (χ2v) is 4.84. The Balaban J connectivity index is 2.77. The summed E-state index contributed by atoms with van der Waals surface area (Å²) in [4.78, 5) is 11.7. The van der Waals surface area contributed by atoms with Crippen molar-refractivity contribution in [2.24, 2.45) is 0 Å². The van der Waals surface area contributed by atoms with Gasteiger partial charge in [-0.25, -0.2) is 9.18 Å². The Morgan fingerprint density at radius 1 is 1.47 bits per heavy atom. The van der Waals surface area contributed by atoms with E-state index in [1.807, 2.05) is 0 Å². The zero-order valence-corrected chi connectivity index (χ0v) is 9.86. The van der Waals surface area contributed by atoms with E-state index in [-0.39, 0.29) is 0 Å². The fourth-order valence-electron chi connectivity index (χ4n) is 0.948. The molecule has 5 heteroatoms. The number of ether oxygens (including phenoxy) is 1. The number of hydrogen-bond donors (Lipinski definition) is 0. The van der Waals surface area contributed by atoms with Crippen LogP contribution in [0.15, 0.2) is 29.2 Å². The van der Waals surface area contributed by atoms with Crippen LogP contribution in [0.4, 0.5) is 4.39 Å². The van der Waals surface area contributed by atoms with E-state index in [4.69, 9.17) is 11.6 Å². The van der Waals surface area contributed by atoms with Gasteiger partial charge in [0.2, 0.25) is 0 Å². The topological polar surface area (TPSA) is 26.3 Å². The van der Waals surface area contributed by atoms with Gasteiger partial charge in [-0.3, -0.25) is 0 Å². The molecule has 1 aromatic carbocycles. The highest BCUT2D eigenvalue weighted by Gasteiger charge is 2.35. The summed E-state index contributed by atoms with van der Waals surface area (Å²) in [6.07, 6.45) is 0. The summed E-state index contributed by atoms with van der Waals surface area (Å²) in [5.74, 6) is -0.901.